The van der Waals surface area contributed by atoms with Gasteiger partial charge in [-0.15, -0.1) is 0 Å². The highest BCUT2D eigenvalue weighted by Crippen LogP contribution is 2.25. The van der Waals surface area contributed by atoms with Crippen LogP contribution in [-0.2, 0) is 11.2 Å². The van der Waals surface area contributed by atoms with E-state index in [1.165, 1.54) is 5.69 Å². The summed E-state index contributed by atoms with van der Waals surface area (Å²) in [6.07, 6.45) is 1.67. The zero-order valence-electron chi connectivity index (χ0n) is 19.8. The van der Waals surface area contributed by atoms with Crippen molar-refractivity contribution >= 4 is 29.7 Å². The number of carboxylic acid groups (broad SMARTS) is 1. The number of aromatic nitrogens is 2. The molecule has 8 nitrogen and oxygen atoms in total. The van der Waals surface area contributed by atoms with Gasteiger partial charge in [-0.25, -0.2) is 4.79 Å². The van der Waals surface area contributed by atoms with Crippen LogP contribution in [0.3, 0.4) is 0 Å². The first-order chi connectivity index (χ1) is 17.7. The molecule has 3 aromatic rings. The average molecular weight is 514 g/mol. The first-order valence-corrected chi connectivity index (χ1v) is 11.7. The van der Waals surface area contributed by atoms with Gasteiger partial charge in [0.2, 0.25) is 0 Å². The number of alkyl halides is 3. The van der Waals surface area contributed by atoms with Gasteiger partial charge in [0.1, 0.15) is 0 Å². The molecule has 11 heteroatoms. The lowest BCUT2D eigenvalue weighted by Crippen LogP contribution is -2.43. The van der Waals surface area contributed by atoms with Gasteiger partial charge >= 0.3 is 12.1 Å². The molecule has 1 fully saturated rings. The number of carbonyl (C=O) groups is 2. The Kier molecular flexibility index (Phi) is 7.92. The summed E-state index contributed by atoms with van der Waals surface area (Å²) >= 11 is 0. The molecule has 0 spiro atoms. The Labute approximate surface area is 211 Å². The molecule has 0 bridgehead atoms. The van der Waals surface area contributed by atoms with Gasteiger partial charge in [-0.05, 0) is 42.0 Å². The van der Waals surface area contributed by atoms with Crippen molar-refractivity contribution < 1.29 is 27.9 Å². The maximum Gasteiger partial charge on any atom is 0.490 e. The number of hydrogen-bond donors (Lipinski definition) is 4. The van der Waals surface area contributed by atoms with E-state index in [9.17, 15) is 18.0 Å². The first-order valence-electron chi connectivity index (χ1n) is 11.7. The number of H-pyrrole nitrogens is 1. The molecule has 4 heterocycles. The minimum absolute atomic E-state index is 0.00260. The highest BCUT2D eigenvalue weighted by Gasteiger charge is 2.38. The van der Waals surface area contributed by atoms with Crippen molar-refractivity contribution in [3.8, 4) is 11.3 Å². The summed E-state index contributed by atoms with van der Waals surface area (Å²) in [6.45, 7) is 4.87. The molecule has 2 aliphatic heterocycles. The van der Waals surface area contributed by atoms with Crippen LogP contribution in [0.2, 0.25) is 0 Å². The Morgan fingerprint density at radius 3 is 2.38 bits per heavy atom. The van der Waals surface area contributed by atoms with Crippen LogP contribution < -0.4 is 15.5 Å². The molecule has 2 aliphatic rings. The van der Waals surface area contributed by atoms with E-state index < -0.39 is 12.1 Å². The van der Waals surface area contributed by atoms with Crippen LogP contribution in [0.25, 0.3) is 23.4 Å². The fourth-order valence-electron chi connectivity index (χ4n) is 4.06. The standard InChI is InChI=1S/C24H25N5O.C2HF3O2/c30-24-21-16-23(28-22(21)8-10-27-24)18-7-9-26-19(15-18)4-1-17-2-5-20(6-3-17)29-13-11-25-12-14-29;3-2(4,5)1(6)7/h1-7,9,15-16,25,28H,8,10-14H2,(H,27,30);(H,6,7)/b4-1+;. The predicted octanol–water partition coefficient (Wildman–Crippen LogP) is 3.58. The van der Waals surface area contributed by atoms with Crippen LogP contribution in [0, 0.1) is 0 Å². The Hall–Kier alpha value is -4.12. The number of rotatable bonds is 4. The van der Waals surface area contributed by atoms with E-state index in [0.717, 1.165) is 66.4 Å². The monoisotopic (exact) mass is 513 g/mol. The fourth-order valence-corrected chi connectivity index (χ4v) is 4.06. The molecule has 1 saturated heterocycles. The van der Waals surface area contributed by atoms with Crippen LogP contribution >= 0.6 is 0 Å². The van der Waals surface area contributed by atoms with Crippen molar-refractivity contribution in [2.75, 3.05) is 37.6 Å². The summed E-state index contributed by atoms with van der Waals surface area (Å²) in [5.41, 5.74) is 7.04. The molecule has 2 aromatic heterocycles. The van der Waals surface area contributed by atoms with Gasteiger partial charge < -0.3 is 25.6 Å². The smallest absolute Gasteiger partial charge is 0.475 e. The van der Waals surface area contributed by atoms with E-state index in [4.69, 9.17) is 9.90 Å². The third-order valence-electron chi connectivity index (χ3n) is 5.96. The predicted molar refractivity (Wildman–Crippen MR) is 134 cm³/mol. The van der Waals surface area contributed by atoms with Crippen molar-refractivity contribution in [3.05, 3.63) is 71.2 Å². The van der Waals surface area contributed by atoms with E-state index in [0.29, 0.717) is 6.54 Å². The fraction of sp³-hybridized carbons (Fsp3) is 0.269. The molecule has 1 aromatic carbocycles. The van der Waals surface area contributed by atoms with E-state index in [2.05, 4.69) is 55.8 Å². The van der Waals surface area contributed by atoms with Crippen molar-refractivity contribution in [3.63, 3.8) is 0 Å². The van der Waals surface area contributed by atoms with Crippen LogP contribution in [-0.4, -0.2) is 65.9 Å². The van der Waals surface area contributed by atoms with E-state index in [1.54, 1.807) is 0 Å². The minimum atomic E-state index is -5.08. The molecular weight excluding hydrogens is 487 g/mol. The number of halogens is 3. The van der Waals surface area contributed by atoms with E-state index in [-0.39, 0.29) is 5.91 Å². The normalized spacial score (nSPS) is 15.5. The lowest BCUT2D eigenvalue weighted by atomic mass is 10.1. The molecular formula is C26H26F3N5O3. The molecule has 0 radical (unpaired) electrons. The number of pyridine rings is 1. The summed E-state index contributed by atoms with van der Waals surface area (Å²) in [4.78, 5) is 31.2. The number of aromatic amines is 1. The molecule has 37 heavy (non-hydrogen) atoms. The van der Waals surface area contributed by atoms with Crippen molar-refractivity contribution in [1.82, 2.24) is 20.6 Å². The summed E-state index contributed by atoms with van der Waals surface area (Å²) in [5.74, 6) is -2.76. The second kappa shape index (κ2) is 11.3. The summed E-state index contributed by atoms with van der Waals surface area (Å²) in [7, 11) is 0. The summed E-state index contributed by atoms with van der Waals surface area (Å²) < 4.78 is 31.7. The third-order valence-corrected chi connectivity index (χ3v) is 5.96. The minimum Gasteiger partial charge on any atom is -0.475 e. The second-order valence-electron chi connectivity index (χ2n) is 8.52. The summed E-state index contributed by atoms with van der Waals surface area (Å²) in [6, 6.07) is 14.6. The Bertz CT molecular complexity index is 1280. The average Bonchev–Trinajstić information content (AvgIpc) is 3.34. The number of aliphatic carboxylic acids is 1. The molecule has 0 atom stereocenters. The molecule has 0 saturated carbocycles. The number of benzene rings is 1. The van der Waals surface area contributed by atoms with Crippen molar-refractivity contribution in [1.29, 1.82) is 0 Å². The Balaban J connectivity index is 0.000000405. The molecule has 0 aliphatic carbocycles. The number of fused-ring (bicyclic) bond motifs is 1. The lowest BCUT2D eigenvalue weighted by molar-refractivity contribution is -0.192. The lowest BCUT2D eigenvalue weighted by Gasteiger charge is -2.29. The molecule has 194 valence electrons. The number of hydrogen-bond acceptors (Lipinski definition) is 5. The van der Waals surface area contributed by atoms with Gasteiger partial charge in [0.15, 0.2) is 0 Å². The molecule has 4 N–H and O–H groups in total. The van der Waals surface area contributed by atoms with Gasteiger partial charge in [0.05, 0.1) is 11.3 Å². The number of amides is 1. The third kappa shape index (κ3) is 6.76. The maximum absolute atomic E-state index is 12.0. The quantitative estimate of drug-likeness (QED) is 0.425. The zero-order valence-corrected chi connectivity index (χ0v) is 19.8. The van der Waals surface area contributed by atoms with E-state index in [1.807, 2.05) is 30.5 Å². The summed E-state index contributed by atoms with van der Waals surface area (Å²) in [5, 5.41) is 13.4. The number of carboxylic acids is 1. The second-order valence-corrected chi connectivity index (χ2v) is 8.52. The number of piperazine rings is 1. The van der Waals surface area contributed by atoms with Gasteiger partial charge in [-0.3, -0.25) is 9.78 Å². The van der Waals surface area contributed by atoms with Crippen LogP contribution in [0.4, 0.5) is 18.9 Å². The van der Waals surface area contributed by atoms with Crippen LogP contribution in [0.5, 0.6) is 0 Å². The molecule has 0 unspecified atom stereocenters. The van der Waals surface area contributed by atoms with Gasteiger partial charge in [-0.2, -0.15) is 13.2 Å². The van der Waals surface area contributed by atoms with Crippen LogP contribution in [0.15, 0.2) is 48.7 Å². The zero-order chi connectivity index (χ0) is 26.4. The van der Waals surface area contributed by atoms with Crippen molar-refractivity contribution in [2.24, 2.45) is 0 Å². The number of nitrogens with one attached hydrogen (secondary N) is 3. The number of nitrogens with zero attached hydrogens (tertiary/aromatic N) is 2. The van der Waals surface area contributed by atoms with E-state index >= 15 is 0 Å². The van der Waals surface area contributed by atoms with Gasteiger partial charge in [0.25, 0.3) is 5.91 Å². The highest BCUT2D eigenvalue weighted by molar-refractivity contribution is 5.97. The molecule has 5 rings (SSSR count). The van der Waals surface area contributed by atoms with Gasteiger partial charge in [-0.1, -0.05) is 18.2 Å². The Morgan fingerprint density at radius 2 is 1.73 bits per heavy atom. The maximum atomic E-state index is 12.0. The highest BCUT2D eigenvalue weighted by atomic mass is 19.4. The van der Waals surface area contributed by atoms with Crippen molar-refractivity contribution in [2.45, 2.75) is 12.6 Å². The largest absolute Gasteiger partial charge is 0.490 e. The number of carbonyl (C=O) groups excluding carboxylic acids is 1. The Morgan fingerprint density at radius 1 is 1.03 bits per heavy atom. The topological polar surface area (TPSA) is 110 Å². The number of anilines is 1. The first kappa shape index (κ1) is 26.0. The SMILES string of the molecule is O=C(O)C(F)(F)F.O=C1NCCc2[nH]c(-c3ccnc(/C=C/c4ccc(N5CCNCC5)cc4)c3)cc21. The molecule has 1 amide bonds. The van der Waals surface area contributed by atoms with Crippen LogP contribution in [0.1, 0.15) is 27.3 Å². The van der Waals surface area contributed by atoms with Gasteiger partial charge in [0, 0.05) is 68.0 Å².